The molecular formula is C16H18N2O5. The summed E-state index contributed by atoms with van der Waals surface area (Å²) >= 11 is 0. The molecule has 0 aliphatic rings. The van der Waals surface area contributed by atoms with Gasteiger partial charge in [0.25, 0.3) is 0 Å². The second kappa shape index (κ2) is 8.47. The molecule has 122 valence electrons. The van der Waals surface area contributed by atoms with Gasteiger partial charge in [-0.05, 0) is 37.1 Å². The Hall–Kier alpha value is -2.96. The molecule has 0 saturated heterocycles. The molecule has 0 amide bonds. The smallest absolute Gasteiger partial charge is 0.404 e. The van der Waals surface area contributed by atoms with Crippen LogP contribution in [0.3, 0.4) is 0 Å². The predicted octanol–water partition coefficient (Wildman–Crippen LogP) is 1.59. The van der Waals surface area contributed by atoms with Gasteiger partial charge < -0.3 is 14.7 Å². The number of methoxy groups -OCH3 is 2. The fraction of sp³-hybridized carbons (Fsp3) is 0.250. The summed E-state index contributed by atoms with van der Waals surface area (Å²) in [4.78, 5) is 25.7. The molecule has 0 saturated carbocycles. The highest BCUT2D eigenvalue weighted by molar-refractivity contribution is 5.87. The number of nitrogens with zero attached hydrogens (tertiary/aromatic N) is 2. The number of rotatable bonds is 2. The van der Waals surface area contributed by atoms with Crippen LogP contribution in [0.2, 0.25) is 0 Å². The SMILES string of the molecule is COC(=O)c1cc(C)cc[n+]1[O-].COC(=O)c1cc(C)ccn1. The molecule has 7 nitrogen and oxygen atoms in total. The highest BCUT2D eigenvalue weighted by Crippen LogP contribution is 2.00. The number of carbonyl (C=O) groups is 2. The maximum Gasteiger partial charge on any atom is 0.404 e. The topological polar surface area (TPSA) is 92.4 Å². The predicted molar refractivity (Wildman–Crippen MR) is 81.8 cm³/mol. The molecule has 23 heavy (non-hydrogen) atoms. The average Bonchev–Trinajstić information content (AvgIpc) is 2.56. The Balaban J connectivity index is 0.000000231. The van der Waals surface area contributed by atoms with Crippen LogP contribution in [-0.4, -0.2) is 31.1 Å². The normalized spacial score (nSPS) is 9.39. The Morgan fingerprint density at radius 2 is 1.65 bits per heavy atom. The zero-order valence-electron chi connectivity index (χ0n) is 13.4. The van der Waals surface area contributed by atoms with Crippen LogP contribution in [-0.2, 0) is 9.47 Å². The lowest BCUT2D eigenvalue weighted by Crippen LogP contribution is -2.34. The third kappa shape index (κ3) is 5.39. The molecule has 2 aromatic rings. The lowest BCUT2D eigenvalue weighted by molar-refractivity contribution is -0.608. The van der Waals surface area contributed by atoms with E-state index in [2.05, 4.69) is 14.5 Å². The minimum Gasteiger partial charge on any atom is -0.618 e. The molecule has 7 heteroatoms. The lowest BCUT2D eigenvalue weighted by atomic mass is 10.2. The van der Waals surface area contributed by atoms with E-state index in [0.717, 1.165) is 11.1 Å². The monoisotopic (exact) mass is 318 g/mol. The Kier molecular flexibility index (Phi) is 6.67. The van der Waals surface area contributed by atoms with Crippen molar-refractivity contribution >= 4 is 11.9 Å². The summed E-state index contributed by atoms with van der Waals surface area (Å²) < 4.78 is 9.39. The van der Waals surface area contributed by atoms with E-state index in [9.17, 15) is 14.8 Å². The minimum atomic E-state index is -0.617. The third-order valence-electron chi connectivity index (χ3n) is 2.78. The first kappa shape index (κ1) is 18.1. The van der Waals surface area contributed by atoms with Gasteiger partial charge in [-0.15, -0.1) is 0 Å². The number of hydrogen-bond donors (Lipinski definition) is 0. The number of carbonyl (C=O) groups excluding carboxylic acids is 2. The number of aromatic nitrogens is 2. The molecule has 0 aliphatic heterocycles. The van der Waals surface area contributed by atoms with Gasteiger partial charge in [-0.25, -0.2) is 14.6 Å². The van der Waals surface area contributed by atoms with Crippen molar-refractivity contribution in [3.8, 4) is 0 Å². The summed E-state index contributed by atoms with van der Waals surface area (Å²) in [5, 5.41) is 11.0. The lowest BCUT2D eigenvalue weighted by Gasteiger charge is -2.02. The van der Waals surface area contributed by atoms with Crippen LogP contribution in [0, 0.1) is 19.1 Å². The van der Waals surface area contributed by atoms with E-state index in [0.29, 0.717) is 10.4 Å². The van der Waals surface area contributed by atoms with Crippen LogP contribution in [0.25, 0.3) is 0 Å². The van der Waals surface area contributed by atoms with Crippen LogP contribution < -0.4 is 4.73 Å². The van der Waals surface area contributed by atoms with Gasteiger partial charge in [-0.2, -0.15) is 4.73 Å². The molecule has 0 aromatic carbocycles. The molecule has 2 aromatic heterocycles. The van der Waals surface area contributed by atoms with Crippen molar-refractivity contribution in [1.29, 1.82) is 0 Å². The Bertz CT molecular complexity index is 701. The van der Waals surface area contributed by atoms with E-state index in [1.54, 1.807) is 25.3 Å². The molecular weight excluding hydrogens is 300 g/mol. The first-order valence-electron chi connectivity index (χ1n) is 6.68. The van der Waals surface area contributed by atoms with Gasteiger partial charge in [-0.1, -0.05) is 0 Å². The molecule has 0 fully saturated rings. The first-order chi connectivity index (χ1) is 10.9. The summed E-state index contributed by atoms with van der Waals surface area (Å²) in [5.41, 5.74) is 2.22. The van der Waals surface area contributed by atoms with Gasteiger partial charge >= 0.3 is 17.6 Å². The van der Waals surface area contributed by atoms with E-state index in [4.69, 9.17) is 0 Å². The largest absolute Gasteiger partial charge is 0.618 e. The van der Waals surface area contributed by atoms with Crippen LogP contribution >= 0.6 is 0 Å². The van der Waals surface area contributed by atoms with E-state index in [1.165, 1.54) is 26.5 Å². The molecule has 0 radical (unpaired) electrons. The van der Waals surface area contributed by atoms with Crippen molar-refractivity contribution in [3.63, 3.8) is 0 Å². The quantitative estimate of drug-likeness (QED) is 0.474. The third-order valence-corrected chi connectivity index (χ3v) is 2.78. The Morgan fingerprint density at radius 1 is 1.04 bits per heavy atom. The maximum atomic E-state index is 11.0. The zero-order valence-corrected chi connectivity index (χ0v) is 13.4. The van der Waals surface area contributed by atoms with E-state index in [1.807, 2.05) is 13.0 Å². The molecule has 0 unspecified atom stereocenters. The van der Waals surface area contributed by atoms with Crippen LogP contribution in [0.5, 0.6) is 0 Å². The van der Waals surface area contributed by atoms with Gasteiger partial charge in [0.15, 0.2) is 6.20 Å². The minimum absolute atomic E-state index is 0.0116. The molecule has 0 aliphatic carbocycles. The molecule has 0 bridgehead atoms. The maximum absolute atomic E-state index is 11.0. The second-order valence-corrected chi connectivity index (χ2v) is 4.62. The van der Waals surface area contributed by atoms with E-state index >= 15 is 0 Å². The summed E-state index contributed by atoms with van der Waals surface area (Å²) in [6.45, 7) is 3.70. The summed E-state index contributed by atoms with van der Waals surface area (Å²) in [6.07, 6.45) is 2.86. The van der Waals surface area contributed by atoms with Gasteiger partial charge in [0.2, 0.25) is 0 Å². The Morgan fingerprint density at radius 3 is 2.22 bits per heavy atom. The van der Waals surface area contributed by atoms with Crippen LogP contribution in [0.15, 0.2) is 36.7 Å². The fourth-order valence-corrected chi connectivity index (χ4v) is 1.60. The van der Waals surface area contributed by atoms with Crippen molar-refractivity contribution in [2.75, 3.05) is 14.2 Å². The van der Waals surface area contributed by atoms with E-state index in [-0.39, 0.29) is 5.69 Å². The first-order valence-corrected chi connectivity index (χ1v) is 6.68. The number of esters is 2. The van der Waals surface area contributed by atoms with Gasteiger partial charge in [0.05, 0.1) is 14.2 Å². The number of ether oxygens (including phenoxy) is 2. The fourth-order valence-electron chi connectivity index (χ4n) is 1.60. The van der Waals surface area contributed by atoms with Crippen LogP contribution in [0.1, 0.15) is 32.1 Å². The molecule has 0 spiro atoms. The molecule has 2 rings (SSSR count). The van der Waals surface area contributed by atoms with Gasteiger partial charge in [0, 0.05) is 18.3 Å². The zero-order chi connectivity index (χ0) is 17.4. The molecule has 0 N–H and O–H groups in total. The van der Waals surface area contributed by atoms with Crippen molar-refractivity contribution < 1.29 is 23.8 Å². The van der Waals surface area contributed by atoms with Crippen molar-refractivity contribution in [2.24, 2.45) is 0 Å². The number of hydrogen-bond acceptors (Lipinski definition) is 6. The summed E-state index contributed by atoms with van der Waals surface area (Å²) in [5.74, 6) is -1.01. The molecule has 0 atom stereocenters. The number of pyridine rings is 2. The second-order valence-electron chi connectivity index (χ2n) is 4.62. The highest BCUT2D eigenvalue weighted by atomic mass is 16.5. The van der Waals surface area contributed by atoms with E-state index < -0.39 is 11.9 Å². The van der Waals surface area contributed by atoms with Crippen molar-refractivity contribution in [1.82, 2.24) is 4.98 Å². The highest BCUT2D eigenvalue weighted by Gasteiger charge is 2.15. The van der Waals surface area contributed by atoms with Crippen molar-refractivity contribution in [3.05, 3.63) is 64.4 Å². The average molecular weight is 318 g/mol. The van der Waals surface area contributed by atoms with Gasteiger partial charge in [-0.3, -0.25) is 0 Å². The van der Waals surface area contributed by atoms with Crippen LogP contribution in [0.4, 0.5) is 0 Å². The summed E-state index contributed by atoms with van der Waals surface area (Å²) in [6, 6.07) is 6.62. The Labute approximate surface area is 134 Å². The van der Waals surface area contributed by atoms with Crippen molar-refractivity contribution in [2.45, 2.75) is 13.8 Å². The summed E-state index contributed by atoms with van der Waals surface area (Å²) in [7, 11) is 2.58. The standard InChI is InChI=1S/C8H9NO3.C8H9NO2/c1-6-3-4-9(11)7(5-6)8(10)12-2;1-6-3-4-9-7(5-6)8(10)11-2/h3-5H,1-2H3;3-5H,1-2H3. The number of aryl methyl sites for hydroxylation is 2. The molecule has 2 heterocycles. The van der Waals surface area contributed by atoms with Gasteiger partial charge in [0.1, 0.15) is 5.69 Å².